The van der Waals surface area contributed by atoms with E-state index in [0.717, 1.165) is 43.9 Å². The molecule has 7 nitrogen and oxygen atoms in total. The maximum atomic E-state index is 11.8. The number of benzene rings is 1. The molecule has 0 amide bonds. The van der Waals surface area contributed by atoms with Gasteiger partial charge in [-0.1, -0.05) is 12.1 Å². The van der Waals surface area contributed by atoms with Crippen molar-refractivity contribution in [2.24, 2.45) is 0 Å². The third kappa shape index (κ3) is 5.17. The van der Waals surface area contributed by atoms with Gasteiger partial charge in [-0.2, -0.15) is 0 Å². The van der Waals surface area contributed by atoms with Crippen LogP contribution in [0.15, 0.2) is 30.3 Å². The topological polar surface area (TPSA) is 76.6 Å². The number of nitrogens with zero attached hydrogens (tertiary/aromatic N) is 3. The smallest absolute Gasteiger partial charge is 0.356 e. The molecule has 1 N–H and O–H groups in total. The highest BCUT2D eigenvalue weighted by atomic mass is 16.5. The van der Waals surface area contributed by atoms with Crippen molar-refractivity contribution in [1.29, 1.82) is 0 Å². The molecule has 2 heterocycles. The number of nitrogens with one attached hydrogen (secondary N) is 1. The Morgan fingerprint density at radius 1 is 1.30 bits per heavy atom. The van der Waals surface area contributed by atoms with Crippen molar-refractivity contribution >= 4 is 11.9 Å². The highest BCUT2D eigenvalue weighted by Gasteiger charge is 2.21. The summed E-state index contributed by atoms with van der Waals surface area (Å²) in [7, 11) is 3.04. The summed E-state index contributed by atoms with van der Waals surface area (Å²) in [6, 6.07) is 10.0. The first kappa shape index (κ1) is 19.1. The molecule has 3 rings (SSSR count). The number of hydrogen-bond donors (Lipinski definition) is 1. The Bertz CT molecular complexity index is 797. The van der Waals surface area contributed by atoms with Gasteiger partial charge in [-0.05, 0) is 50.1 Å². The van der Waals surface area contributed by atoms with Crippen LogP contribution in [-0.4, -0.2) is 54.2 Å². The van der Waals surface area contributed by atoms with Crippen molar-refractivity contribution < 1.29 is 14.3 Å². The molecule has 7 heteroatoms. The molecule has 0 saturated carbocycles. The molecule has 1 atom stereocenters. The second-order valence-electron chi connectivity index (χ2n) is 6.78. The van der Waals surface area contributed by atoms with Gasteiger partial charge in [0.25, 0.3) is 0 Å². The molecule has 27 heavy (non-hydrogen) atoms. The van der Waals surface area contributed by atoms with Crippen LogP contribution in [0.1, 0.15) is 34.6 Å². The number of likely N-dealkylation sites (tertiary alicyclic amines) is 1. The summed E-state index contributed by atoms with van der Waals surface area (Å²) in [5.41, 5.74) is 2.24. The van der Waals surface area contributed by atoms with Gasteiger partial charge in [0.15, 0.2) is 5.69 Å². The van der Waals surface area contributed by atoms with Gasteiger partial charge in [0.05, 0.1) is 14.2 Å². The van der Waals surface area contributed by atoms with Crippen LogP contribution in [0.5, 0.6) is 5.75 Å². The zero-order valence-electron chi connectivity index (χ0n) is 16.1. The first-order valence-corrected chi connectivity index (χ1v) is 9.13. The third-order valence-corrected chi connectivity index (χ3v) is 4.63. The van der Waals surface area contributed by atoms with Crippen LogP contribution in [-0.2, 0) is 11.3 Å². The van der Waals surface area contributed by atoms with Gasteiger partial charge < -0.3 is 14.8 Å². The van der Waals surface area contributed by atoms with Gasteiger partial charge in [-0.3, -0.25) is 4.90 Å². The lowest BCUT2D eigenvalue weighted by molar-refractivity contribution is 0.0593. The minimum Gasteiger partial charge on any atom is -0.497 e. The third-order valence-electron chi connectivity index (χ3n) is 4.63. The minimum absolute atomic E-state index is 0.233. The molecule has 0 spiro atoms. The zero-order valence-corrected chi connectivity index (χ0v) is 16.1. The first-order valence-electron chi connectivity index (χ1n) is 9.13. The van der Waals surface area contributed by atoms with Crippen LogP contribution in [0.3, 0.4) is 0 Å². The average molecular weight is 370 g/mol. The summed E-state index contributed by atoms with van der Waals surface area (Å²) in [5.74, 6) is 0.901. The minimum atomic E-state index is -0.452. The molecule has 1 saturated heterocycles. The molecule has 1 fully saturated rings. The van der Waals surface area contributed by atoms with E-state index in [9.17, 15) is 4.79 Å². The molecule has 0 radical (unpaired) electrons. The lowest BCUT2D eigenvalue weighted by atomic mass is 10.0. The monoisotopic (exact) mass is 370 g/mol. The van der Waals surface area contributed by atoms with Gasteiger partial charge >= 0.3 is 5.97 Å². The Balaban J connectivity index is 1.64. The largest absolute Gasteiger partial charge is 0.497 e. The number of esters is 1. The van der Waals surface area contributed by atoms with E-state index in [0.29, 0.717) is 5.95 Å². The molecule has 1 aliphatic heterocycles. The van der Waals surface area contributed by atoms with E-state index in [2.05, 4.69) is 32.3 Å². The Hall–Kier alpha value is -2.67. The predicted molar refractivity (Wildman–Crippen MR) is 103 cm³/mol. The van der Waals surface area contributed by atoms with Crippen molar-refractivity contribution in [2.75, 3.05) is 32.6 Å². The van der Waals surface area contributed by atoms with Crippen molar-refractivity contribution in [3.8, 4) is 5.75 Å². The van der Waals surface area contributed by atoms with Crippen LogP contribution in [0.25, 0.3) is 0 Å². The summed E-state index contributed by atoms with van der Waals surface area (Å²) in [6.45, 7) is 4.66. The summed E-state index contributed by atoms with van der Waals surface area (Å²) < 4.78 is 10.1. The lowest BCUT2D eigenvalue weighted by Crippen LogP contribution is -2.42. The highest BCUT2D eigenvalue weighted by Crippen LogP contribution is 2.19. The molecule has 1 aliphatic rings. The maximum Gasteiger partial charge on any atom is 0.356 e. The quantitative estimate of drug-likeness (QED) is 0.783. The number of carbonyl (C=O) groups excluding carboxylic acids is 1. The molecule has 0 bridgehead atoms. The molecule has 0 aliphatic carbocycles. The lowest BCUT2D eigenvalue weighted by Gasteiger charge is -2.33. The maximum absolute atomic E-state index is 11.8. The van der Waals surface area contributed by atoms with Crippen LogP contribution in [0.2, 0.25) is 0 Å². The predicted octanol–water partition coefficient (Wildman–Crippen LogP) is 2.66. The van der Waals surface area contributed by atoms with E-state index in [-0.39, 0.29) is 11.7 Å². The van der Waals surface area contributed by atoms with E-state index < -0.39 is 5.97 Å². The SMILES string of the molecule is COC(=O)c1cc(C)nc(N[C@@H]2CCCN(Cc3cccc(OC)c3)C2)n1. The number of aryl methyl sites for hydroxylation is 1. The van der Waals surface area contributed by atoms with Crippen molar-refractivity contribution in [1.82, 2.24) is 14.9 Å². The van der Waals surface area contributed by atoms with Crippen molar-refractivity contribution in [3.05, 3.63) is 47.3 Å². The second-order valence-corrected chi connectivity index (χ2v) is 6.78. The summed E-state index contributed by atoms with van der Waals surface area (Å²) >= 11 is 0. The second kappa shape index (κ2) is 8.81. The van der Waals surface area contributed by atoms with Crippen LogP contribution in [0.4, 0.5) is 5.95 Å². The first-order chi connectivity index (χ1) is 13.1. The van der Waals surface area contributed by atoms with Crippen LogP contribution in [0, 0.1) is 6.92 Å². The number of ether oxygens (including phenoxy) is 2. The van der Waals surface area contributed by atoms with Crippen LogP contribution >= 0.6 is 0 Å². The number of rotatable bonds is 6. The number of aromatic nitrogens is 2. The van der Waals surface area contributed by atoms with Gasteiger partial charge in [0.2, 0.25) is 5.95 Å². The van der Waals surface area contributed by atoms with Gasteiger partial charge in [-0.25, -0.2) is 14.8 Å². The molecular formula is C20H26N4O3. The molecular weight excluding hydrogens is 344 g/mol. The van der Waals surface area contributed by atoms with E-state index in [1.165, 1.54) is 12.7 Å². The Labute approximate surface area is 159 Å². The number of methoxy groups -OCH3 is 2. The molecule has 1 aromatic carbocycles. The van der Waals surface area contributed by atoms with E-state index in [1.54, 1.807) is 13.2 Å². The summed E-state index contributed by atoms with van der Waals surface area (Å²) in [4.78, 5) is 22.9. The van der Waals surface area contributed by atoms with Gasteiger partial charge in [-0.15, -0.1) is 0 Å². The highest BCUT2D eigenvalue weighted by molar-refractivity contribution is 5.87. The van der Waals surface area contributed by atoms with E-state index in [1.807, 2.05) is 19.1 Å². The van der Waals surface area contributed by atoms with Gasteiger partial charge in [0.1, 0.15) is 5.75 Å². The fraction of sp³-hybridized carbons (Fsp3) is 0.450. The molecule has 1 aromatic heterocycles. The normalized spacial score (nSPS) is 17.4. The summed E-state index contributed by atoms with van der Waals surface area (Å²) in [6.07, 6.45) is 2.14. The van der Waals surface area contributed by atoms with E-state index >= 15 is 0 Å². The Morgan fingerprint density at radius 2 is 2.15 bits per heavy atom. The zero-order chi connectivity index (χ0) is 19.2. The van der Waals surface area contributed by atoms with E-state index in [4.69, 9.17) is 9.47 Å². The molecule has 2 aromatic rings. The number of piperidine rings is 1. The average Bonchev–Trinajstić information content (AvgIpc) is 2.67. The van der Waals surface area contributed by atoms with Crippen molar-refractivity contribution in [2.45, 2.75) is 32.4 Å². The van der Waals surface area contributed by atoms with Gasteiger partial charge in [0, 0.05) is 24.8 Å². The molecule has 144 valence electrons. The standard InChI is InChI=1S/C20H26N4O3/c1-14-10-18(19(25)27-3)23-20(21-14)22-16-7-5-9-24(13-16)12-15-6-4-8-17(11-15)26-2/h4,6,8,10-11,16H,5,7,9,12-13H2,1-3H3,(H,21,22,23)/t16-/m1/s1. The fourth-order valence-corrected chi connectivity index (χ4v) is 3.37. The Kier molecular flexibility index (Phi) is 6.24. The number of hydrogen-bond acceptors (Lipinski definition) is 7. The van der Waals surface area contributed by atoms with Crippen molar-refractivity contribution in [3.63, 3.8) is 0 Å². The fourth-order valence-electron chi connectivity index (χ4n) is 3.37. The number of anilines is 1. The Morgan fingerprint density at radius 3 is 2.93 bits per heavy atom. The van der Waals surface area contributed by atoms with Crippen LogP contribution < -0.4 is 10.1 Å². The number of carbonyl (C=O) groups is 1. The molecule has 0 unspecified atom stereocenters. The summed E-state index contributed by atoms with van der Waals surface area (Å²) in [5, 5.41) is 3.38.